The van der Waals surface area contributed by atoms with Gasteiger partial charge in [0, 0.05) is 0 Å². The normalized spacial score (nSPS) is 10.5. The van der Waals surface area contributed by atoms with Gasteiger partial charge in [0.2, 0.25) is 0 Å². The number of rotatable bonds is 5. The fourth-order valence-electron chi connectivity index (χ4n) is 0.695. The molecule has 0 atom stereocenters. The van der Waals surface area contributed by atoms with Crippen molar-refractivity contribution < 1.29 is 29.0 Å². The number of ether oxygens (including phenoxy) is 2. The molecular formula is C9H13NO6. The summed E-state index contributed by atoms with van der Waals surface area (Å²) in [5, 5.41) is 10.4. The van der Waals surface area contributed by atoms with E-state index in [1.54, 1.807) is 19.2 Å². The van der Waals surface area contributed by atoms with Crippen LogP contribution in [0.3, 0.4) is 0 Å². The van der Waals surface area contributed by atoms with Crippen molar-refractivity contribution in [2.24, 2.45) is 0 Å². The number of carboxylic acid groups (broad SMARTS) is 1. The number of amides is 2. The molecule has 7 heteroatoms. The van der Waals surface area contributed by atoms with Gasteiger partial charge in [-0.25, -0.2) is 9.59 Å². The highest BCUT2D eigenvalue weighted by Crippen LogP contribution is 1.96. The number of alkyl carbamates (subject to hydrolysis) is 1. The van der Waals surface area contributed by atoms with Gasteiger partial charge >= 0.3 is 12.1 Å². The summed E-state index contributed by atoms with van der Waals surface area (Å²) in [6, 6.07) is 0. The molecule has 16 heavy (non-hydrogen) atoms. The van der Waals surface area contributed by atoms with E-state index >= 15 is 0 Å². The lowest BCUT2D eigenvalue weighted by Gasteiger charge is -2.04. The minimum atomic E-state index is -1.49. The van der Waals surface area contributed by atoms with Gasteiger partial charge in [0.15, 0.2) is 5.57 Å². The molecule has 0 radical (unpaired) electrons. The van der Waals surface area contributed by atoms with Crippen molar-refractivity contribution in [1.82, 2.24) is 5.32 Å². The zero-order valence-corrected chi connectivity index (χ0v) is 8.98. The first kappa shape index (κ1) is 13.9. The first-order valence-corrected chi connectivity index (χ1v) is 4.56. The lowest BCUT2D eigenvalue weighted by molar-refractivity contribution is -0.135. The molecule has 2 amide bonds. The topological polar surface area (TPSA) is 102 Å². The van der Waals surface area contributed by atoms with E-state index in [9.17, 15) is 14.4 Å². The third kappa shape index (κ3) is 4.99. The standard InChI is InChI=1S/C9H13NO6/c1-3-15-5-6(8(12)13)7(11)10-9(14)16-4-2/h5H,3-4H2,1-2H3,(H,12,13)(H,10,11,14)/b6-5+. The third-order valence-electron chi connectivity index (χ3n) is 1.33. The van der Waals surface area contributed by atoms with Crippen LogP contribution in [-0.4, -0.2) is 36.3 Å². The first-order chi connectivity index (χ1) is 7.52. The second-order valence-corrected chi connectivity index (χ2v) is 2.47. The smallest absolute Gasteiger partial charge is 0.414 e. The van der Waals surface area contributed by atoms with E-state index in [-0.39, 0.29) is 13.2 Å². The Balaban J connectivity index is 4.51. The zero-order chi connectivity index (χ0) is 12.6. The van der Waals surface area contributed by atoms with Crippen molar-refractivity contribution in [3.05, 3.63) is 11.8 Å². The van der Waals surface area contributed by atoms with E-state index in [4.69, 9.17) is 5.11 Å². The molecule has 7 nitrogen and oxygen atoms in total. The molecule has 0 fully saturated rings. The van der Waals surface area contributed by atoms with Gasteiger partial charge in [0.1, 0.15) is 6.26 Å². The first-order valence-electron chi connectivity index (χ1n) is 4.56. The average molecular weight is 231 g/mol. The maximum absolute atomic E-state index is 11.2. The van der Waals surface area contributed by atoms with Crippen LogP contribution >= 0.6 is 0 Å². The Bertz CT molecular complexity index is 309. The van der Waals surface area contributed by atoms with E-state index in [1.807, 2.05) is 0 Å². The Kier molecular flexibility index (Phi) is 6.34. The molecule has 0 saturated heterocycles. The average Bonchev–Trinajstić information content (AvgIpc) is 2.17. The van der Waals surface area contributed by atoms with Gasteiger partial charge in [-0.2, -0.15) is 0 Å². The van der Waals surface area contributed by atoms with E-state index in [1.165, 1.54) is 0 Å². The highest BCUT2D eigenvalue weighted by molar-refractivity contribution is 6.18. The Morgan fingerprint density at radius 3 is 2.31 bits per heavy atom. The summed E-state index contributed by atoms with van der Waals surface area (Å²) >= 11 is 0. The molecule has 0 heterocycles. The monoisotopic (exact) mass is 231 g/mol. The molecule has 0 aromatic heterocycles. The summed E-state index contributed by atoms with van der Waals surface area (Å²) in [4.78, 5) is 32.7. The summed E-state index contributed by atoms with van der Waals surface area (Å²) in [5.41, 5.74) is -0.671. The summed E-state index contributed by atoms with van der Waals surface area (Å²) in [6.45, 7) is 3.47. The molecule has 0 aliphatic carbocycles. The molecule has 0 rings (SSSR count). The van der Waals surface area contributed by atoms with E-state index in [2.05, 4.69) is 9.47 Å². The zero-order valence-electron chi connectivity index (χ0n) is 8.98. The van der Waals surface area contributed by atoms with Crippen molar-refractivity contribution in [3.63, 3.8) is 0 Å². The second-order valence-electron chi connectivity index (χ2n) is 2.47. The minimum absolute atomic E-state index is 0.0801. The Labute approximate surface area is 92.0 Å². The number of nitrogens with one attached hydrogen (secondary N) is 1. The van der Waals surface area contributed by atoms with Crippen molar-refractivity contribution in [2.45, 2.75) is 13.8 Å². The third-order valence-corrected chi connectivity index (χ3v) is 1.33. The number of imide groups is 1. The van der Waals surface area contributed by atoms with Crippen LogP contribution < -0.4 is 5.32 Å². The molecule has 0 unspecified atom stereocenters. The van der Waals surface area contributed by atoms with Gasteiger partial charge in [-0.15, -0.1) is 0 Å². The molecule has 0 aromatic rings. The minimum Gasteiger partial charge on any atom is -0.500 e. The van der Waals surface area contributed by atoms with Crippen molar-refractivity contribution in [2.75, 3.05) is 13.2 Å². The van der Waals surface area contributed by atoms with Crippen LogP contribution in [0.2, 0.25) is 0 Å². The van der Waals surface area contributed by atoms with Crippen LogP contribution in [-0.2, 0) is 19.1 Å². The van der Waals surface area contributed by atoms with Crippen LogP contribution in [0.15, 0.2) is 11.8 Å². The Morgan fingerprint density at radius 2 is 1.88 bits per heavy atom. The van der Waals surface area contributed by atoms with Gasteiger partial charge in [0.25, 0.3) is 5.91 Å². The molecule has 0 aliphatic heterocycles. The number of aliphatic carboxylic acids is 1. The van der Waals surface area contributed by atoms with Crippen LogP contribution in [0.1, 0.15) is 13.8 Å². The highest BCUT2D eigenvalue weighted by atomic mass is 16.5. The summed E-state index contributed by atoms with van der Waals surface area (Å²) in [6.07, 6.45) is -0.229. The van der Waals surface area contributed by atoms with E-state index in [0.717, 1.165) is 6.26 Å². The predicted molar refractivity (Wildman–Crippen MR) is 52.5 cm³/mol. The number of carbonyl (C=O) groups excluding carboxylic acids is 2. The van der Waals surface area contributed by atoms with Crippen LogP contribution in [0.4, 0.5) is 4.79 Å². The second kappa shape index (κ2) is 7.27. The number of hydrogen-bond donors (Lipinski definition) is 2. The molecule has 0 aromatic carbocycles. The van der Waals surface area contributed by atoms with Gasteiger partial charge in [0.05, 0.1) is 13.2 Å². The van der Waals surface area contributed by atoms with Gasteiger partial charge in [-0.3, -0.25) is 10.1 Å². The van der Waals surface area contributed by atoms with Gasteiger partial charge in [-0.05, 0) is 13.8 Å². The number of carbonyl (C=O) groups is 3. The predicted octanol–water partition coefficient (Wildman–Crippen LogP) is 0.264. The molecule has 0 aliphatic rings. The fraction of sp³-hybridized carbons (Fsp3) is 0.444. The number of carboxylic acids is 1. The maximum atomic E-state index is 11.2. The SMILES string of the molecule is CCO/C=C(/C(=O)O)C(=O)NC(=O)OCC. The molecule has 0 saturated carbocycles. The summed E-state index contributed by atoms with van der Waals surface area (Å²) in [7, 11) is 0. The Morgan fingerprint density at radius 1 is 1.25 bits per heavy atom. The van der Waals surface area contributed by atoms with Crippen molar-refractivity contribution >= 4 is 18.0 Å². The quantitative estimate of drug-likeness (QED) is 0.304. The lowest BCUT2D eigenvalue weighted by Crippen LogP contribution is -2.34. The van der Waals surface area contributed by atoms with Crippen molar-refractivity contribution in [3.8, 4) is 0 Å². The highest BCUT2D eigenvalue weighted by Gasteiger charge is 2.20. The number of hydrogen-bond acceptors (Lipinski definition) is 5. The van der Waals surface area contributed by atoms with Gasteiger partial charge < -0.3 is 14.6 Å². The van der Waals surface area contributed by atoms with Crippen LogP contribution in [0.25, 0.3) is 0 Å². The lowest BCUT2D eigenvalue weighted by atomic mass is 10.3. The van der Waals surface area contributed by atoms with Crippen molar-refractivity contribution in [1.29, 1.82) is 0 Å². The van der Waals surface area contributed by atoms with E-state index < -0.39 is 23.5 Å². The van der Waals surface area contributed by atoms with Crippen LogP contribution in [0, 0.1) is 0 Å². The molecular weight excluding hydrogens is 218 g/mol. The van der Waals surface area contributed by atoms with E-state index in [0.29, 0.717) is 0 Å². The van der Waals surface area contributed by atoms with Crippen LogP contribution in [0.5, 0.6) is 0 Å². The molecule has 0 bridgehead atoms. The molecule has 2 N–H and O–H groups in total. The summed E-state index contributed by atoms with van der Waals surface area (Å²) < 4.78 is 9.08. The molecule has 90 valence electrons. The summed E-state index contributed by atoms with van der Waals surface area (Å²) in [5.74, 6) is -2.57. The largest absolute Gasteiger partial charge is 0.500 e. The van der Waals surface area contributed by atoms with Gasteiger partial charge in [-0.1, -0.05) is 0 Å². The Hall–Kier alpha value is -2.05. The molecule has 0 spiro atoms. The maximum Gasteiger partial charge on any atom is 0.414 e. The fourth-order valence-corrected chi connectivity index (χ4v) is 0.695.